The molecule has 0 radical (unpaired) electrons. The number of carbonyl (C=O) groups excluding carboxylic acids is 1. The van der Waals surface area contributed by atoms with Crippen molar-refractivity contribution in [3.63, 3.8) is 0 Å². The molecule has 1 saturated carbocycles. The van der Waals surface area contributed by atoms with Gasteiger partial charge in [0.05, 0.1) is 18.8 Å². The lowest BCUT2D eigenvalue weighted by Crippen LogP contribution is -2.36. The van der Waals surface area contributed by atoms with Crippen LogP contribution in [0.15, 0.2) is 12.3 Å². The Hall–Kier alpha value is -1.40. The number of hydrogen-bond acceptors (Lipinski definition) is 4. The quantitative estimate of drug-likeness (QED) is 0.914. The summed E-state index contributed by atoms with van der Waals surface area (Å²) < 4.78 is 2.01. The Bertz CT molecular complexity index is 608. The average Bonchev–Trinajstić information content (AvgIpc) is 3.22. The molecule has 1 aromatic rings. The third-order valence-electron chi connectivity index (χ3n) is 6.19. The second-order valence-electron chi connectivity index (χ2n) is 8.36. The van der Waals surface area contributed by atoms with Crippen molar-refractivity contribution in [2.45, 2.75) is 38.6 Å². The highest BCUT2D eigenvalue weighted by Crippen LogP contribution is 2.41. The van der Waals surface area contributed by atoms with Crippen LogP contribution < -0.4 is 5.32 Å². The zero-order valence-corrected chi connectivity index (χ0v) is 14.9. The highest BCUT2D eigenvalue weighted by molar-refractivity contribution is 5.91. The summed E-state index contributed by atoms with van der Waals surface area (Å²) in [6.45, 7) is 7.22. The summed E-state index contributed by atoms with van der Waals surface area (Å²) in [5.41, 5.74) is 0.348. The molecule has 0 spiro atoms. The Morgan fingerprint density at radius 2 is 2.12 bits per heavy atom. The predicted octanol–water partition coefficient (Wildman–Crippen LogP) is 1.82. The molecule has 24 heavy (non-hydrogen) atoms. The van der Waals surface area contributed by atoms with Gasteiger partial charge in [0.15, 0.2) is 0 Å². The molecule has 2 saturated heterocycles. The van der Waals surface area contributed by atoms with Crippen molar-refractivity contribution >= 4 is 11.7 Å². The second kappa shape index (κ2) is 6.15. The fourth-order valence-electron chi connectivity index (χ4n) is 5.11. The molecular formula is C18H29N5O. The van der Waals surface area contributed by atoms with Crippen molar-refractivity contribution in [2.75, 3.05) is 45.1 Å². The summed E-state index contributed by atoms with van der Waals surface area (Å²) in [5.74, 6) is 1.64. The Kier molecular flexibility index (Phi) is 4.12. The molecule has 6 nitrogen and oxygen atoms in total. The molecule has 1 aromatic heterocycles. The molecule has 1 N–H and O–H groups in total. The van der Waals surface area contributed by atoms with Gasteiger partial charge in [-0.3, -0.25) is 9.69 Å². The van der Waals surface area contributed by atoms with Gasteiger partial charge >= 0.3 is 0 Å². The number of hydrogen-bond donors (Lipinski definition) is 1. The van der Waals surface area contributed by atoms with E-state index in [-0.39, 0.29) is 5.91 Å². The van der Waals surface area contributed by atoms with Crippen LogP contribution in [0.4, 0.5) is 5.82 Å². The van der Waals surface area contributed by atoms with E-state index in [1.807, 2.05) is 10.7 Å². The zero-order valence-electron chi connectivity index (χ0n) is 14.9. The van der Waals surface area contributed by atoms with Gasteiger partial charge in [0.1, 0.15) is 5.82 Å². The van der Waals surface area contributed by atoms with E-state index < -0.39 is 0 Å². The Balaban J connectivity index is 1.34. The number of anilines is 1. The first-order valence-electron chi connectivity index (χ1n) is 9.28. The van der Waals surface area contributed by atoms with E-state index in [1.165, 1.54) is 25.7 Å². The van der Waals surface area contributed by atoms with Crippen LogP contribution in [0.1, 0.15) is 38.6 Å². The smallest absolute Gasteiger partial charge is 0.239 e. The van der Waals surface area contributed by atoms with Gasteiger partial charge in [0.25, 0.3) is 0 Å². The van der Waals surface area contributed by atoms with Crippen molar-refractivity contribution in [1.82, 2.24) is 19.6 Å². The summed E-state index contributed by atoms with van der Waals surface area (Å²) in [7, 11) is 2.20. The summed E-state index contributed by atoms with van der Waals surface area (Å²) in [5, 5.41) is 7.52. The largest absolute Gasteiger partial charge is 0.310 e. The molecule has 2 atom stereocenters. The first-order valence-corrected chi connectivity index (χ1v) is 9.28. The molecule has 6 heteroatoms. The lowest BCUT2D eigenvalue weighted by Gasteiger charge is -2.23. The summed E-state index contributed by atoms with van der Waals surface area (Å²) in [4.78, 5) is 17.3. The Labute approximate surface area is 144 Å². The van der Waals surface area contributed by atoms with E-state index >= 15 is 0 Å². The number of amides is 1. The van der Waals surface area contributed by atoms with Crippen LogP contribution in [0.5, 0.6) is 0 Å². The predicted molar refractivity (Wildman–Crippen MR) is 93.9 cm³/mol. The van der Waals surface area contributed by atoms with Crippen LogP contribution in [0.25, 0.3) is 0 Å². The lowest BCUT2D eigenvalue weighted by molar-refractivity contribution is -0.117. The minimum Gasteiger partial charge on any atom is -0.310 e. The third kappa shape index (κ3) is 2.97. The highest BCUT2D eigenvalue weighted by Gasteiger charge is 2.48. The molecule has 3 heterocycles. The number of nitrogens with one attached hydrogen (secondary N) is 1. The van der Waals surface area contributed by atoms with Gasteiger partial charge in [0.2, 0.25) is 5.91 Å². The summed E-state index contributed by atoms with van der Waals surface area (Å²) >= 11 is 0. The Morgan fingerprint density at radius 3 is 2.88 bits per heavy atom. The van der Waals surface area contributed by atoms with Crippen molar-refractivity contribution < 1.29 is 4.79 Å². The highest BCUT2D eigenvalue weighted by atomic mass is 16.2. The maximum absolute atomic E-state index is 12.5. The van der Waals surface area contributed by atoms with E-state index in [0.717, 1.165) is 32.0 Å². The fourth-order valence-corrected chi connectivity index (χ4v) is 5.11. The van der Waals surface area contributed by atoms with Crippen molar-refractivity contribution in [3.8, 4) is 0 Å². The molecule has 4 rings (SSSR count). The molecule has 0 unspecified atom stereocenters. The van der Waals surface area contributed by atoms with Crippen molar-refractivity contribution in [3.05, 3.63) is 12.3 Å². The molecule has 2 aliphatic heterocycles. The van der Waals surface area contributed by atoms with E-state index in [1.54, 1.807) is 6.20 Å². The van der Waals surface area contributed by atoms with E-state index in [4.69, 9.17) is 0 Å². The normalized spacial score (nSPS) is 31.7. The SMILES string of the molecule is CN1C[C@@H]2CN(CC(=O)Nc3ccnn3C3CCCC3)C[C@]2(C)C1. The molecule has 132 valence electrons. The first-order chi connectivity index (χ1) is 11.5. The number of rotatable bonds is 4. The van der Waals surface area contributed by atoms with Gasteiger partial charge in [-0.2, -0.15) is 5.10 Å². The van der Waals surface area contributed by atoms with Crippen LogP contribution in [0.2, 0.25) is 0 Å². The molecule has 3 fully saturated rings. The third-order valence-corrected chi connectivity index (χ3v) is 6.19. The molecule has 0 aromatic carbocycles. The van der Waals surface area contributed by atoms with Crippen LogP contribution in [0, 0.1) is 11.3 Å². The van der Waals surface area contributed by atoms with Gasteiger partial charge in [-0.05, 0) is 31.2 Å². The minimum absolute atomic E-state index is 0.0895. The average molecular weight is 331 g/mol. The summed E-state index contributed by atoms with van der Waals surface area (Å²) in [6, 6.07) is 2.38. The van der Waals surface area contributed by atoms with E-state index in [0.29, 0.717) is 23.9 Å². The van der Waals surface area contributed by atoms with E-state index in [9.17, 15) is 4.79 Å². The van der Waals surface area contributed by atoms with Crippen LogP contribution in [-0.4, -0.2) is 65.3 Å². The lowest BCUT2D eigenvalue weighted by atomic mass is 9.83. The molecule has 3 aliphatic rings. The fraction of sp³-hybridized carbons (Fsp3) is 0.778. The Morgan fingerprint density at radius 1 is 1.33 bits per heavy atom. The van der Waals surface area contributed by atoms with Crippen LogP contribution >= 0.6 is 0 Å². The number of nitrogens with zero attached hydrogens (tertiary/aromatic N) is 4. The number of fused-ring (bicyclic) bond motifs is 1. The number of likely N-dealkylation sites (tertiary alicyclic amines) is 2. The van der Waals surface area contributed by atoms with Crippen molar-refractivity contribution in [2.24, 2.45) is 11.3 Å². The number of aromatic nitrogens is 2. The van der Waals surface area contributed by atoms with Crippen molar-refractivity contribution in [1.29, 1.82) is 0 Å². The van der Waals surface area contributed by atoms with Gasteiger partial charge in [-0.15, -0.1) is 0 Å². The zero-order chi connectivity index (χ0) is 16.7. The van der Waals surface area contributed by atoms with Gasteiger partial charge in [0, 0.05) is 32.2 Å². The van der Waals surface area contributed by atoms with Crippen LogP contribution in [0.3, 0.4) is 0 Å². The maximum Gasteiger partial charge on any atom is 0.239 e. The maximum atomic E-state index is 12.5. The van der Waals surface area contributed by atoms with Gasteiger partial charge in [-0.1, -0.05) is 19.8 Å². The standard InChI is InChI=1S/C18H29N5O/c1-18-12-21(2)9-14(18)10-22(13-18)11-17(24)20-16-7-8-19-23(16)15-5-3-4-6-15/h7-8,14-15H,3-6,9-13H2,1-2H3,(H,20,24)/t14-,18+/m1/s1. The van der Waals surface area contributed by atoms with Crippen LogP contribution in [-0.2, 0) is 4.79 Å². The van der Waals surface area contributed by atoms with Gasteiger partial charge < -0.3 is 10.2 Å². The van der Waals surface area contributed by atoms with E-state index in [2.05, 4.69) is 34.2 Å². The number of carbonyl (C=O) groups is 1. The molecular weight excluding hydrogens is 302 g/mol. The molecule has 1 aliphatic carbocycles. The molecule has 0 bridgehead atoms. The monoisotopic (exact) mass is 331 g/mol. The minimum atomic E-state index is 0.0895. The summed E-state index contributed by atoms with van der Waals surface area (Å²) in [6.07, 6.45) is 6.67. The topological polar surface area (TPSA) is 53.4 Å². The van der Waals surface area contributed by atoms with Gasteiger partial charge in [-0.25, -0.2) is 4.68 Å². The second-order valence-corrected chi connectivity index (χ2v) is 8.36. The first kappa shape index (κ1) is 16.1. The molecule has 1 amide bonds.